The van der Waals surface area contributed by atoms with Crippen LogP contribution in [0.25, 0.3) is 57.5 Å². The van der Waals surface area contributed by atoms with Crippen molar-refractivity contribution in [3.8, 4) is 11.1 Å². The molecule has 0 radical (unpaired) electrons. The summed E-state index contributed by atoms with van der Waals surface area (Å²) in [5, 5.41) is 9.23. The van der Waals surface area contributed by atoms with E-state index in [9.17, 15) is 9.90 Å². The van der Waals surface area contributed by atoms with Gasteiger partial charge in [-0.1, -0.05) is 12.1 Å². The second-order valence-electron chi connectivity index (χ2n) is 7.97. The molecule has 4 aromatic rings. The summed E-state index contributed by atoms with van der Waals surface area (Å²) in [6.45, 7) is 0. The number of carboxylic acids is 1. The molecule has 3 N–H and O–H groups in total. The van der Waals surface area contributed by atoms with Gasteiger partial charge in [-0.3, -0.25) is 0 Å². The van der Waals surface area contributed by atoms with E-state index in [1.807, 2.05) is 78.9 Å². The Balaban J connectivity index is 0.00000241. The summed E-state index contributed by atoms with van der Waals surface area (Å²) in [7, 11) is 0. The maximum atomic E-state index is 11.2. The van der Waals surface area contributed by atoms with Crippen LogP contribution in [0.4, 0.5) is 0 Å². The maximum Gasteiger partial charge on any atom is 0.335 e. The van der Waals surface area contributed by atoms with Crippen LogP contribution in [0, 0.1) is 0 Å². The van der Waals surface area contributed by atoms with E-state index < -0.39 is 5.97 Å². The van der Waals surface area contributed by atoms with E-state index in [0.717, 1.165) is 56.0 Å². The number of hydrogen-bond donors (Lipinski definition) is 3. The van der Waals surface area contributed by atoms with Gasteiger partial charge in [0.2, 0.25) is 0 Å². The third-order valence-corrected chi connectivity index (χ3v) is 5.61. The van der Waals surface area contributed by atoms with Crippen molar-refractivity contribution < 1.29 is 27.0 Å². The molecule has 0 aliphatic carbocycles. The summed E-state index contributed by atoms with van der Waals surface area (Å²) in [6, 6.07) is 21.0. The predicted molar refractivity (Wildman–Crippen MR) is 131 cm³/mol. The number of nitrogens with one attached hydrogen (secondary N) is 2. The zero-order valence-electron chi connectivity index (χ0n) is 17.8. The van der Waals surface area contributed by atoms with Crippen LogP contribution in [0.2, 0.25) is 0 Å². The third-order valence-electron chi connectivity index (χ3n) is 5.61. The summed E-state index contributed by atoms with van der Waals surface area (Å²) in [4.78, 5) is 27.5. The minimum Gasteiger partial charge on any atom is -0.478 e. The molecule has 0 saturated carbocycles. The second kappa shape index (κ2) is 8.63. The van der Waals surface area contributed by atoms with Gasteiger partial charge in [0, 0.05) is 44.7 Å². The fourth-order valence-corrected chi connectivity index (χ4v) is 4.05. The largest absolute Gasteiger partial charge is 0.478 e. The quantitative estimate of drug-likeness (QED) is 0.261. The number of aromatic nitrogens is 4. The Morgan fingerprint density at radius 1 is 0.647 bits per heavy atom. The van der Waals surface area contributed by atoms with Gasteiger partial charge in [0.05, 0.1) is 28.3 Å². The molecule has 7 heteroatoms. The van der Waals surface area contributed by atoms with E-state index in [2.05, 4.69) is 9.97 Å². The summed E-state index contributed by atoms with van der Waals surface area (Å²) < 4.78 is 0. The monoisotopic (exact) mass is 486 g/mol. The summed E-state index contributed by atoms with van der Waals surface area (Å²) in [5.41, 5.74) is 9.29. The van der Waals surface area contributed by atoms with Crippen LogP contribution < -0.4 is 0 Å². The van der Waals surface area contributed by atoms with Gasteiger partial charge < -0.3 is 15.1 Å². The fraction of sp³-hybridized carbons (Fsp3) is 0. The van der Waals surface area contributed by atoms with Crippen LogP contribution in [0.15, 0.2) is 66.7 Å². The molecule has 34 heavy (non-hydrogen) atoms. The van der Waals surface area contributed by atoms with Crippen LogP contribution in [0.1, 0.15) is 33.1 Å². The number of fused-ring (bicyclic) bond motifs is 8. The average Bonchev–Trinajstić information content (AvgIpc) is 3.59. The molecule has 3 aromatic heterocycles. The number of nitrogens with zero attached hydrogens (tertiary/aromatic N) is 2. The molecule has 1 aromatic carbocycles. The third kappa shape index (κ3) is 4.22. The molecule has 8 bridgehead atoms. The predicted octanol–water partition coefficient (Wildman–Crippen LogP) is 6.02. The Bertz CT molecular complexity index is 1640. The Kier molecular flexibility index (Phi) is 5.49. The molecule has 6 nitrogen and oxygen atoms in total. The van der Waals surface area contributed by atoms with E-state index in [1.54, 1.807) is 12.1 Å². The van der Waals surface area contributed by atoms with Crippen molar-refractivity contribution in [2.45, 2.75) is 0 Å². The molecule has 0 spiro atoms. The molecule has 0 fully saturated rings. The molecule has 6 rings (SSSR count). The molecule has 0 unspecified atom stereocenters. The Morgan fingerprint density at radius 3 is 1.74 bits per heavy atom. The molecular weight excluding hydrogens is 468 g/mol. The number of aromatic carboxylic acids is 1. The van der Waals surface area contributed by atoms with Gasteiger partial charge in [-0.05, 0) is 84.5 Å². The first-order valence-corrected chi connectivity index (χ1v) is 10.5. The van der Waals surface area contributed by atoms with Crippen LogP contribution in [-0.2, 0) is 17.1 Å². The second-order valence-corrected chi connectivity index (χ2v) is 7.97. The van der Waals surface area contributed by atoms with Gasteiger partial charge in [-0.15, -0.1) is 0 Å². The molecule has 0 atom stereocenters. The minimum atomic E-state index is -0.942. The smallest absolute Gasteiger partial charge is 0.335 e. The molecule has 2 aliphatic heterocycles. The first kappa shape index (κ1) is 21.6. The van der Waals surface area contributed by atoms with E-state index in [4.69, 9.17) is 9.97 Å². The molecule has 2 aliphatic rings. The van der Waals surface area contributed by atoms with E-state index in [1.165, 1.54) is 0 Å². The van der Waals surface area contributed by atoms with Crippen LogP contribution in [0.5, 0.6) is 0 Å². The van der Waals surface area contributed by atoms with E-state index in [-0.39, 0.29) is 22.6 Å². The number of rotatable bonds is 2. The van der Waals surface area contributed by atoms with E-state index >= 15 is 0 Å². The Morgan fingerprint density at radius 2 is 1.18 bits per heavy atom. The normalized spacial score (nSPS) is 11.9. The van der Waals surface area contributed by atoms with Crippen molar-refractivity contribution in [1.29, 1.82) is 0 Å². The maximum absolute atomic E-state index is 11.2. The first-order valence-electron chi connectivity index (χ1n) is 10.5. The topological polar surface area (TPSA) is 94.7 Å². The average molecular weight is 486 g/mol. The summed E-state index contributed by atoms with van der Waals surface area (Å²) in [6.07, 6.45) is 7.93. The Labute approximate surface area is 205 Å². The van der Waals surface area contributed by atoms with Gasteiger partial charge >= 0.3 is 5.97 Å². The number of aromatic amines is 2. The fourth-order valence-electron chi connectivity index (χ4n) is 4.05. The Hall–Kier alpha value is -4.19. The van der Waals surface area contributed by atoms with Gasteiger partial charge in [0.25, 0.3) is 0 Å². The van der Waals surface area contributed by atoms with Crippen molar-refractivity contribution >= 4 is 52.3 Å². The zero-order chi connectivity index (χ0) is 22.4. The van der Waals surface area contributed by atoms with Crippen molar-refractivity contribution in [1.82, 2.24) is 19.9 Å². The number of carboxylic acid groups (broad SMARTS) is 1. The van der Waals surface area contributed by atoms with E-state index in [0.29, 0.717) is 0 Å². The van der Waals surface area contributed by atoms with Gasteiger partial charge in [-0.25, -0.2) is 14.8 Å². The SMILES string of the molecule is O=C(O)c1ccc(-c2cc3cc4nc(cc5ccc(cc6nc(cc2[nH]3)C=C6)[nH]5)C=C4)cc1.[Fe]. The molecule has 0 saturated heterocycles. The molecule has 5 heterocycles. The summed E-state index contributed by atoms with van der Waals surface area (Å²) >= 11 is 0. The van der Waals surface area contributed by atoms with Gasteiger partial charge in [-0.2, -0.15) is 0 Å². The number of carbonyl (C=O) groups is 1. The molecule has 166 valence electrons. The van der Waals surface area contributed by atoms with Crippen molar-refractivity contribution in [3.05, 3.63) is 95.1 Å². The number of H-pyrrole nitrogens is 2. The zero-order valence-corrected chi connectivity index (χ0v) is 18.9. The standard InChI is InChI=1S/C27H18N4O2.Fe/c32-27(33)17-3-1-16(2-4-17)25-14-24-13-22-8-7-20(29-22)11-18-5-6-19(28-18)12-21-9-10-23(30-21)15-26(25)31-24;/h1-15,28,31H,(H,32,33);. The van der Waals surface area contributed by atoms with Crippen LogP contribution in [-0.4, -0.2) is 31.0 Å². The van der Waals surface area contributed by atoms with Gasteiger partial charge in [0.15, 0.2) is 0 Å². The van der Waals surface area contributed by atoms with Crippen molar-refractivity contribution in [3.63, 3.8) is 0 Å². The first-order chi connectivity index (χ1) is 16.1. The number of hydrogen-bond acceptors (Lipinski definition) is 3. The minimum absolute atomic E-state index is 0. The van der Waals surface area contributed by atoms with Gasteiger partial charge in [0.1, 0.15) is 0 Å². The van der Waals surface area contributed by atoms with Crippen molar-refractivity contribution in [2.24, 2.45) is 0 Å². The van der Waals surface area contributed by atoms with Crippen LogP contribution >= 0.6 is 0 Å². The van der Waals surface area contributed by atoms with Crippen molar-refractivity contribution in [2.75, 3.05) is 0 Å². The summed E-state index contributed by atoms with van der Waals surface area (Å²) in [5.74, 6) is -0.942. The number of benzene rings is 1. The van der Waals surface area contributed by atoms with Crippen LogP contribution in [0.3, 0.4) is 0 Å². The molecular formula is C27H18FeN4O2. The molecule has 0 amide bonds.